The topological polar surface area (TPSA) is 9.23 Å². The van der Waals surface area contributed by atoms with E-state index in [-0.39, 0.29) is 0 Å². The Hall–Kier alpha value is 0.130. The van der Waals surface area contributed by atoms with E-state index in [0.717, 1.165) is 6.42 Å². The van der Waals surface area contributed by atoms with Gasteiger partial charge in [0.1, 0.15) is 15.6 Å². The van der Waals surface area contributed by atoms with E-state index in [2.05, 4.69) is 12.2 Å². The minimum Gasteiger partial charge on any atom is -0.242 e. The summed E-state index contributed by atoms with van der Waals surface area (Å²) in [4.78, 5) is 0. The molecule has 0 amide bonds. The molecule has 0 heterocycles. The highest BCUT2D eigenvalue weighted by Gasteiger charge is 2.08. The quantitative estimate of drug-likeness (QED) is 0.388. The summed E-state index contributed by atoms with van der Waals surface area (Å²) >= 11 is 0. The van der Waals surface area contributed by atoms with E-state index in [1.54, 1.807) is 9.47 Å². The maximum atomic E-state index is 5.17. The first-order valence-electron chi connectivity index (χ1n) is 2.99. The molecule has 46 valence electrons. The van der Waals surface area contributed by atoms with Gasteiger partial charge in [0.05, 0.1) is 0 Å². The lowest BCUT2D eigenvalue weighted by atomic mass is 10.1. The molecule has 2 atom stereocenters. The van der Waals surface area contributed by atoms with E-state index in [4.69, 9.17) is 4.52 Å². The minimum absolute atomic E-state index is 0.512. The summed E-state index contributed by atoms with van der Waals surface area (Å²) in [6, 6.07) is 0. The molecule has 2 heteroatoms. The third-order valence-corrected chi connectivity index (χ3v) is 1.93. The van der Waals surface area contributed by atoms with E-state index in [1.807, 2.05) is 0 Å². The second-order valence-electron chi connectivity index (χ2n) is 2.07. The highest BCUT2D eigenvalue weighted by Crippen LogP contribution is 2.15. The zero-order chi connectivity index (χ0) is 5.82. The maximum absolute atomic E-state index is 5.17. The van der Waals surface area contributed by atoms with Gasteiger partial charge in [-0.2, -0.15) is 0 Å². The summed E-state index contributed by atoms with van der Waals surface area (Å²) in [5, 5.41) is 0. The number of allylic oxidation sites excluding steroid dienone is 1. The van der Waals surface area contributed by atoms with Crippen LogP contribution in [-0.2, 0) is 4.52 Å². The minimum atomic E-state index is 0.512. The predicted octanol–water partition coefficient (Wildman–Crippen LogP) is 1.63. The highest BCUT2D eigenvalue weighted by atomic mass is 31.0. The van der Waals surface area contributed by atoms with E-state index in [1.165, 1.54) is 12.8 Å². The Morgan fingerprint density at radius 2 is 2.38 bits per heavy atom. The first kappa shape index (κ1) is 6.25. The number of hydrogen-bond acceptors (Lipinski definition) is 1. The second kappa shape index (κ2) is 3.21. The monoisotopic (exact) mass is 131 g/mol. The van der Waals surface area contributed by atoms with Crippen LogP contribution in [0.15, 0.2) is 12.2 Å². The lowest BCUT2D eigenvalue weighted by Crippen LogP contribution is -2.07. The predicted molar refractivity (Wildman–Crippen MR) is 39.0 cm³/mol. The van der Waals surface area contributed by atoms with Gasteiger partial charge in [-0.15, -0.1) is 0 Å². The molecule has 1 nitrogen and oxygen atoms in total. The molecule has 1 rings (SSSR count). The van der Waals surface area contributed by atoms with Crippen LogP contribution in [-0.4, -0.2) is 6.10 Å². The zero-order valence-corrected chi connectivity index (χ0v) is 6.38. The Labute approximate surface area is 52.4 Å². The molecule has 0 aromatic rings. The lowest BCUT2D eigenvalue weighted by Gasteiger charge is -2.10. The molecule has 0 aromatic carbocycles. The van der Waals surface area contributed by atoms with Gasteiger partial charge >= 0.3 is 0 Å². The van der Waals surface area contributed by atoms with Gasteiger partial charge in [-0.25, -0.2) is 4.52 Å². The van der Waals surface area contributed by atoms with Gasteiger partial charge in [0, 0.05) is 0 Å². The summed E-state index contributed by atoms with van der Waals surface area (Å²) < 4.78 is 5.17. The normalized spacial score (nSPS) is 28.8. The van der Waals surface area contributed by atoms with Crippen LogP contribution >= 0.6 is 9.47 Å². The summed E-state index contributed by atoms with van der Waals surface area (Å²) in [7, 11) is 1.60. The van der Waals surface area contributed by atoms with Crippen molar-refractivity contribution in [3.05, 3.63) is 12.2 Å². The molecular formula is C6H12OP+. The van der Waals surface area contributed by atoms with Crippen LogP contribution in [0.4, 0.5) is 0 Å². The van der Waals surface area contributed by atoms with E-state index in [0.29, 0.717) is 6.10 Å². The largest absolute Gasteiger partial charge is 0.242 e. The van der Waals surface area contributed by atoms with Gasteiger partial charge in [0.2, 0.25) is 0 Å². The Bertz CT molecular complexity index is 90.5. The van der Waals surface area contributed by atoms with Crippen molar-refractivity contribution in [2.75, 3.05) is 0 Å². The average molecular weight is 131 g/mol. The molecule has 0 saturated heterocycles. The fourth-order valence-electron chi connectivity index (χ4n) is 0.917. The Morgan fingerprint density at radius 3 is 2.75 bits per heavy atom. The Kier molecular flexibility index (Phi) is 2.51. The fraction of sp³-hybridized carbons (Fsp3) is 0.667. The molecule has 1 aliphatic rings. The van der Waals surface area contributed by atoms with Gasteiger partial charge in [-0.05, 0) is 19.3 Å². The Balaban J connectivity index is 2.27. The molecule has 0 radical (unpaired) electrons. The van der Waals surface area contributed by atoms with Crippen LogP contribution in [0.3, 0.4) is 0 Å². The number of rotatable bonds is 1. The molecule has 0 fully saturated rings. The van der Waals surface area contributed by atoms with Crippen molar-refractivity contribution in [1.29, 1.82) is 0 Å². The molecule has 0 spiro atoms. The highest BCUT2D eigenvalue weighted by molar-refractivity contribution is 7.09. The zero-order valence-electron chi connectivity index (χ0n) is 4.97. The Morgan fingerprint density at radius 1 is 1.50 bits per heavy atom. The van der Waals surface area contributed by atoms with Crippen molar-refractivity contribution >= 4 is 9.47 Å². The molecule has 0 aliphatic heterocycles. The SMILES string of the molecule is [PH3+]OC1CC=CCC1. The number of hydrogen-bond donors (Lipinski definition) is 0. The van der Waals surface area contributed by atoms with Gasteiger partial charge in [0.15, 0.2) is 0 Å². The standard InChI is InChI=1S/C6H12OP/c8-7-6-4-2-1-3-5-6/h1-2,6H,3-5H2,8H3/q+1. The van der Waals surface area contributed by atoms with Crippen LogP contribution in [0.25, 0.3) is 0 Å². The van der Waals surface area contributed by atoms with Gasteiger partial charge in [-0.1, -0.05) is 12.2 Å². The van der Waals surface area contributed by atoms with Gasteiger partial charge in [-0.3, -0.25) is 0 Å². The van der Waals surface area contributed by atoms with Crippen LogP contribution < -0.4 is 0 Å². The van der Waals surface area contributed by atoms with Crippen molar-refractivity contribution in [2.24, 2.45) is 0 Å². The fourth-order valence-corrected chi connectivity index (χ4v) is 1.22. The lowest BCUT2D eigenvalue weighted by molar-refractivity contribution is 0.226. The third-order valence-electron chi connectivity index (χ3n) is 1.46. The second-order valence-corrected chi connectivity index (χ2v) is 2.41. The molecule has 2 unspecified atom stereocenters. The molecule has 8 heavy (non-hydrogen) atoms. The van der Waals surface area contributed by atoms with E-state index < -0.39 is 0 Å². The first-order chi connectivity index (χ1) is 3.93. The van der Waals surface area contributed by atoms with Crippen molar-refractivity contribution in [3.63, 3.8) is 0 Å². The smallest absolute Gasteiger partial charge is 0.107 e. The average Bonchev–Trinajstić information content (AvgIpc) is 1.90. The van der Waals surface area contributed by atoms with Gasteiger partial charge < -0.3 is 0 Å². The van der Waals surface area contributed by atoms with Crippen molar-refractivity contribution in [2.45, 2.75) is 25.4 Å². The molecule has 1 aliphatic carbocycles. The van der Waals surface area contributed by atoms with Crippen LogP contribution in [0.1, 0.15) is 19.3 Å². The molecular weight excluding hydrogens is 119 g/mol. The third kappa shape index (κ3) is 1.57. The molecule has 0 saturated carbocycles. The van der Waals surface area contributed by atoms with Crippen molar-refractivity contribution in [1.82, 2.24) is 0 Å². The van der Waals surface area contributed by atoms with Crippen LogP contribution in [0.5, 0.6) is 0 Å². The van der Waals surface area contributed by atoms with Crippen LogP contribution in [0.2, 0.25) is 0 Å². The van der Waals surface area contributed by atoms with Crippen molar-refractivity contribution < 1.29 is 4.52 Å². The maximum Gasteiger partial charge on any atom is 0.107 e. The van der Waals surface area contributed by atoms with Crippen molar-refractivity contribution in [3.8, 4) is 0 Å². The van der Waals surface area contributed by atoms with E-state index >= 15 is 0 Å². The summed E-state index contributed by atoms with van der Waals surface area (Å²) in [5.41, 5.74) is 0. The first-order valence-corrected chi connectivity index (χ1v) is 3.57. The van der Waals surface area contributed by atoms with Crippen LogP contribution in [0, 0.1) is 0 Å². The summed E-state index contributed by atoms with van der Waals surface area (Å²) in [6.45, 7) is 0. The van der Waals surface area contributed by atoms with Gasteiger partial charge in [0.25, 0.3) is 0 Å². The summed E-state index contributed by atoms with van der Waals surface area (Å²) in [5.74, 6) is 0. The molecule has 0 N–H and O–H groups in total. The molecule has 0 bridgehead atoms. The molecule has 0 aromatic heterocycles. The van der Waals surface area contributed by atoms with E-state index in [9.17, 15) is 0 Å². The summed E-state index contributed by atoms with van der Waals surface area (Å²) in [6.07, 6.45) is 8.45.